The first-order chi connectivity index (χ1) is 7.81. The molecule has 2 heteroatoms. The van der Waals surface area contributed by atoms with Crippen LogP contribution in [0.15, 0.2) is 54.6 Å². The lowest BCUT2D eigenvalue weighted by atomic mass is 10.0. The molecule has 0 radical (unpaired) electrons. The molecule has 0 bridgehead atoms. The summed E-state index contributed by atoms with van der Waals surface area (Å²) in [7, 11) is 0. The van der Waals surface area contributed by atoms with Crippen molar-refractivity contribution < 1.29 is 10.2 Å². The molecule has 0 aliphatic carbocycles. The van der Waals surface area contributed by atoms with Gasteiger partial charge in [0.05, 0.1) is 6.61 Å². The van der Waals surface area contributed by atoms with E-state index in [1.807, 2.05) is 54.6 Å². The Kier molecular flexibility index (Phi) is 3.34. The fourth-order valence-electron chi connectivity index (χ4n) is 1.63. The summed E-state index contributed by atoms with van der Waals surface area (Å²) in [5, 5.41) is 18.3. The molecule has 0 saturated carbocycles. The highest BCUT2D eigenvalue weighted by molar-refractivity contribution is 5.63. The summed E-state index contributed by atoms with van der Waals surface area (Å²) >= 11 is 0. The quantitative estimate of drug-likeness (QED) is 0.823. The van der Waals surface area contributed by atoms with Gasteiger partial charge in [-0.15, -0.1) is 0 Å². The summed E-state index contributed by atoms with van der Waals surface area (Å²) in [4.78, 5) is 0. The van der Waals surface area contributed by atoms with Crippen molar-refractivity contribution in [2.75, 3.05) is 6.61 Å². The minimum absolute atomic E-state index is 0.245. The van der Waals surface area contributed by atoms with Crippen molar-refractivity contribution in [2.24, 2.45) is 0 Å². The lowest BCUT2D eigenvalue weighted by molar-refractivity contribution is 0.0956. The summed E-state index contributed by atoms with van der Waals surface area (Å²) in [5.74, 6) is 0. The van der Waals surface area contributed by atoms with Crippen LogP contribution in [0.2, 0.25) is 0 Å². The Hall–Kier alpha value is -1.64. The molecule has 16 heavy (non-hydrogen) atoms. The van der Waals surface area contributed by atoms with Gasteiger partial charge in [-0.1, -0.05) is 54.6 Å². The molecule has 0 amide bonds. The highest BCUT2D eigenvalue weighted by atomic mass is 16.3. The lowest BCUT2D eigenvalue weighted by Gasteiger charge is -2.08. The third kappa shape index (κ3) is 2.30. The molecule has 0 fully saturated rings. The van der Waals surface area contributed by atoms with Crippen molar-refractivity contribution in [3.63, 3.8) is 0 Å². The molecular weight excluding hydrogens is 200 g/mol. The molecule has 2 N–H and O–H groups in total. The van der Waals surface area contributed by atoms with Gasteiger partial charge in [-0.05, 0) is 16.7 Å². The van der Waals surface area contributed by atoms with Gasteiger partial charge in [0.25, 0.3) is 0 Å². The molecule has 1 atom stereocenters. The topological polar surface area (TPSA) is 40.5 Å². The molecule has 2 rings (SSSR count). The second-order valence-corrected chi connectivity index (χ2v) is 3.69. The average molecular weight is 214 g/mol. The van der Waals surface area contributed by atoms with E-state index in [0.29, 0.717) is 0 Å². The minimum atomic E-state index is -0.787. The van der Waals surface area contributed by atoms with E-state index in [0.717, 1.165) is 16.7 Å². The molecule has 0 unspecified atom stereocenters. The van der Waals surface area contributed by atoms with Gasteiger partial charge in [0.1, 0.15) is 6.10 Å². The number of aliphatic hydroxyl groups excluding tert-OH is 2. The number of aliphatic hydroxyl groups is 2. The van der Waals surface area contributed by atoms with E-state index in [1.54, 1.807) is 0 Å². The summed E-state index contributed by atoms with van der Waals surface area (Å²) < 4.78 is 0. The first-order valence-corrected chi connectivity index (χ1v) is 5.25. The van der Waals surface area contributed by atoms with Gasteiger partial charge in [0.15, 0.2) is 0 Å². The summed E-state index contributed by atoms with van der Waals surface area (Å²) in [6.45, 7) is -0.245. The normalized spacial score (nSPS) is 12.4. The van der Waals surface area contributed by atoms with Crippen molar-refractivity contribution in [2.45, 2.75) is 6.10 Å². The van der Waals surface area contributed by atoms with E-state index in [4.69, 9.17) is 5.11 Å². The van der Waals surface area contributed by atoms with Crippen molar-refractivity contribution in [1.29, 1.82) is 0 Å². The Labute approximate surface area is 94.8 Å². The zero-order valence-corrected chi connectivity index (χ0v) is 8.88. The van der Waals surface area contributed by atoms with Crippen LogP contribution in [-0.2, 0) is 0 Å². The van der Waals surface area contributed by atoms with Gasteiger partial charge in [-0.25, -0.2) is 0 Å². The van der Waals surface area contributed by atoms with Crippen LogP contribution in [0.5, 0.6) is 0 Å². The standard InChI is InChI=1S/C14H14O2/c15-10-14(16)13-8-6-12(7-9-13)11-4-2-1-3-5-11/h1-9,14-16H,10H2/t14-/m0/s1. The maximum atomic E-state index is 9.44. The molecule has 0 aliphatic rings. The van der Waals surface area contributed by atoms with Crippen LogP contribution in [0.3, 0.4) is 0 Å². The second-order valence-electron chi connectivity index (χ2n) is 3.69. The van der Waals surface area contributed by atoms with Gasteiger partial charge in [-0.3, -0.25) is 0 Å². The van der Waals surface area contributed by atoms with Crippen LogP contribution >= 0.6 is 0 Å². The van der Waals surface area contributed by atoms with Gasteiger partial charge in [-0.2, -0.15) is 0 Å². The van der Waals surface area contributed by atoms with Gasteiger partial charge in [0.2, 0.25) is 0 Å². The molecular formula is C14H14O2. The fraction of sp³-hybridized carbons (Fsp3) is 0.143. The summed E-state index contributed by atoms with van der Waals surface area (Å²) in [5.41, 5.74) is 2.99. The SMILES string of the molecule is OC[C@H](O)c1ccc(-c2ccccc2)cc1. The first-order valence-electron chi connectivity index (χ1n) is 5.25. The van der Waals surface area contributed by atoms with E-state index in [1.165, 1.54) is 0 Å². The average Bonchev–Trinajstić information content (AvgIpc) is 2.39. The smallest absolute Gasteiger partial charge is 0.102 e. The van der Waals surface area contributed by atoms with Crippen molar-refractivity contribution in [3.8, 4) is 11.1 Å². The minimum Gasteiger partial charge on any atom is -0.393 e. The molecule has 0 aromatic heterocycles. The van der Waals surface area contributed by atoms with Gasteiger partial charge >= 0.3 is 0 Å². The second kappa shape index (κ2) is 4.92. The molecule has 82 valence electrons. The van der Waals surface area contributed by atoms with Crippen LogP contribution < -0.4 is 0 Å². The summed E-state index contributed by atoms with van der Waals surface area (Å²) in [6.07, 6.45) is -0.787. The zero-order valence-electron chi connectivity index (χ0n) is 8.88. The Balaban J connectivity index is 2.26. The Morgan fingerprint density at radius 1 is 0.812 bits per heavy atom. The van der Waals surface area contributed by atoms with E-state index in [9.17, 15) is 5.11 Å². The van der Waals surface area contributed by atoms with Crippen molar-refractivity contribution in [3.05, 3.63) is 60.2 Å². The molecule has 0 spiro atoms. The number of hydrogen-bond donors (Lipinski definition) is 2. The molecule has 0 saturated heterocycles. The third-order valence-electron chi connectivity index (χ3n) is 2.58. The number of benzene rings is 2. The molecule has 0 aliphatic heterocycles. The molecule has 2 aromatic rings. The highest BCUT2D eigenvalue weighted by Crippen LogP contribution is 2.21. The van der Waals surface area contributed by atoms with E-state index in [2.05, 4.69) is 0 Å². The summed E-state index contributed by atoms with van der Waals surface area (Å²) in [6, 6.07) is 17.6. The number of hydrogen-bond acceptors (Lipinski definition) is 2. The lowest BCUT2D eigenvalue weighted by Crippen LogP contribution is -2.01. The van der Waals surface area contributed by atoms with Crippen LogP contribution in [0, 0.1) is 0 Å². The van der Waals surface area contributed by atoms with E-state index in [-0.39, 0.29) is 6.61 Å². The van der Waals surface area contributed by atoms with E-state index < -0.39 is 6.10 Å². The maximum absolute atomic E-state index is 9.44. The zero-order chi connectivity index (χ0) is 11.4. The first kappa shape index (κ1) is 10.9. The largest absolute Gasteiger partial charge is 0.393 e. The fourth-order valence-corrected chi connectivity index (χ4v) is 1.63. The van der Waals surface area contributed by atoms with Crippen LogP contribution in [-0.4, -0.2) is 16.8 Å². The Bertz CT molecular complexity index is 434. The van der Waals surface area contributed by atoms with E-state index >= 15 is 0 Å². The van der Waals surface area contributed by atoms with Crippen LogP contribution in [0.25, 0.3) is 11.1 Å². The van der Waals surface area contributed by atoms with Gasteiger partial charge < -0.3 is 10.2 Å². The highest BCUT2D eigenvalue weighted by Gasteiger charge is 2.05. The predicted molar refractivity (Wildman–Crippen MR) is 63.9 cm³/mol. The van der Waals surface area contributed by atoms with Crippen LogP contribution in [0.4, 0.5) is 0 Å². The predicted octanol–water partition coefficient (Wildman–Crippen LogP) is 2.38. The van der Waals surface area contributed by atoms with Crippen LogP contribution in [0.1, 0.15) is 11.7 Å². The molecule has 0 heterocycles. The van der Waals surface area contributed by atoms with Crippen molar-refractivity contribution in [1.82, 2.24) is 0 Å². The Morgan fingerprint density at radius 2 is 1.38 bits per heavy atom. The van der Waals surface area contributed by atoms with Crippen molar-refractivity contribution >= 4 is 0 Å². The third-order valence-corrected chi connectivity index (χ3v) is 2.58. The number of rotatable bonds is 3. The van der Waals surface area contributed by atoms with Gasteiger partial charge in [0, 0.05) is 0 Å². The maximum Gasteiger partial charge on any atom is 0.102 e. The monoisotopic (exact) mass is 214 g/mol. The molecule has 2 nitrogen and oxygen atoms in total. The molecule has 2 aromatic carbocycles. The Morgan fingerprint density at radius 3 is 1.94 bits per heavy atom.